The molecule has 0 bridgehead atoms. The van der Waals surface area contributed by atoms with Gasteiger partial charge < -0.3 is 15.2 Å². The Kier molecular flexibility index (Phi) is 4.67. The Morgan fingerprint density at radius 3 is 2.72 bits per heavy atom. The van der Waals surface area contributed by atoms with Gasteiger partial charge in [-0.15, -0.1) is 0 Å². The average Bonchev–Trinajstić information content (AvgIpc) is 2.29. The van der Waals surface area contributed by atoms with E-state index in [1.165, 1.54) is 19.5 Å². The van der Waals surface area contributed by atoms with Gasteiger partial charge in [0.15, 0.2) is 11.5 Å². The SMILES string of the molecule is C.COc1ccc(Nc2ncnc(Cl)n2)cc1O. The number of phenols is 1. The average molecular weight is 269 g/mol. The number of hydrogen-bond acceptors (Lipinski definition) is 6. The molecular formula is C11H13ClN4O2. The molecule has 2 N–H and O–H groups in total. The molecule has 0 saturated carbocycles. The van der Waals surface area contributed by atoms with Crippen LogP contribution in [-0.2, 0) is 0 Å². The first-order valence-corrected chi connectivity index (χ1v) is 5.05. The van der Waals surface area contributed by atoms with Crippen molar-refractivity contribution in [3.63, 3.8) is 0 Å². The van der Waals surface area contributed by atoms with Crippen LogP contribution in [0.15, 0.2) is 24.5 Å². The standard InChI is InChI=1S/C10H9ClN4O2.CH4/c1-17-8-3-2-6(4-7(8)16)14-10-13-5-12-9(11)15-10;/h2-5,16H,1H3,(H,12,13,14,15);1H4. The fraction of sp³-hybridized carbons (Fsp3) is 0.182. The van der Waals surface area contributed by atoms with Crippen molar-refractivity contribution < 1.29 is 9.84 Å². The molecule has 0 aliphatic carbocycles. The summed E-state index contributed by atoms with van der Waals surface area (Å²) in [4.78, 5) is 11.4. The molecular weight excluding hydrogens is 256 g/mol. The van der Waals surface area contributed by atoms with Gasteiger partial charge in [-0.3, -0.25) is 0 Å². The Bertz CT molecular complexity index is 536. The predicted molar refractivity (Wildman–Crippen MR) is 69.5 cm³/mol. The van der Waals surface area contributed by atoms with Crippen LogP contribution in [-0.4, -0.2) is 27.2 Å². The van der Waals surface area contributed by atoms with Gasteiger partial charge in [0.25, 0.3) is 0 Å². The molecule has 0 radical (unpaired) electrons. The van der Waals surface area contributed by atoms with Gasteiger partial charge in [-0.05, 0) is 23.7 Å². The Hall–Kier alpha value is -2.08. The predicted octanol–water partition coefficient (Wildman–Crippen LogP) is 2.62. The van der Waals surface area contributed by atoms with Gasteiger partial charge in [0.05, 0.1) is 7.11 Å². The number of phenolic OH excluding ortho intramolecular Hbond substituents is 1. The molecule has 0 aliphatic heterocycles. The maximum atomic E-state index is 9.58. The zero-order chi connectivity index (χ0) is 12.3. The molecule has 0 fully saturated rings. The number of aromatic nitrogens is 3. The van der Waals surface area contributed by atoms with Gasteiger partial charge in [-0.25, -0.2) is 9.97 Å². The Labute approximate surface area is 110 Å². The number of nitrogens with zero attached hydrogens (tertiary/aromatic N) is 3. The molecule has 0 spiro atoms. The minimum Gasteiger partial charge on any atom is -0.504 e. The van der Waals surface area contributed by atoms with Gasteiger partial charge in [0.1, 0.15) is 6.33 Å². The molecule has 1 aromatic carbocycles. The maximum Gasteiger partial charge on any atom is 0.231 e. The van der Waals surface area contributed by atoms with E-state index >= 15 is 0 Å². The highest BCUT2D eigenvalue weighted by atomic mass is 35.5. The smallest absolute Gasteiger partial charge is 0.231 e. The number of benzene rings is 1. The van der Waals surface area contributed by atoms with E-state index in [0.29, 0.717) is 17.4 Å². The number of ether oxygens (including phenoxy) is 1. The van der Waals surface area contributed by atoms with E-state index in [-0.39, 0.29) is 18.5 Å². The van der Waals surface area contributed by atoms with Crippen molar-refractivity contribution in [2.75, 3.05) is 12.4 Å². The van der Waals surface area contributed by atoms with E-state index in [2.05, 4.69) is 20.3 Å². The van der Waals surface area contributed by atoms with Crippen LogP contribution in [0.3, 0.4) is 0 Å². The lowest BCUT2D eigenvalue weighted by Gasteiger charge is -2.07. The monoisotopic (exact) mass is 268 g/mol. The third kappa shape index (κ3) is 3.21. The highest BCUT2D eigenvalue weighted by Crippen LogP contribution is 2.29. The van der Waals surface area contributed by atoms with Crippen molar-refractivity contribution in [1.82, 2.24) is 15.0 Å². The third-order valence-electron chi connectivity index (χ3n) is 1.98. The fourth-order valence-corrected chi connectivity index (χ4v) is 1.36. The van der Waals surface area contributed by atoms with E-state index in [1.807, 2.05) is 0 Å². The van der Waals surface area contributed by atoms with Gasteiger partial charge in [-0.2, -0.15) is 4.98 Å². The Morgan fingerprint density at radius 2 is 2.11 bits per heavy atom. The quantitative estimate of drug-likeness (QED) is 0.891. The molecule has 0 aliphatic rings. The number of anilines is 2. The molecule has 0 unspecified atom stereocenters. The van der Waals surface area contributed by atoms with Crippen molar-refractivity contribution in [1.29, 1.82) is 0 Å². The Morgan fingerprint density at radius 1 is 1.33 bits per heavy atom. The molecule has 18 heavy (non-hydrogen) atoms. The van der Waals surface area contributed by atoms with Crippen LogP contribution in [0.1, 0.15) is 7.43 Å². The number of halogens is 1. The summed E-state index contributed by atoms with van der Waals surface area (Å²) >= 11 is 5.62. The number of aromatic hydroxyl groups is 1. The largest absolute Gasteiger partial charge is 0.504 e. The van der Waals surface area contributed by atoms with E-state index in [4.69, 9.17) is 16.3 Å². The van der Waals surface area contributed by atoms with Gasteiger partial charge in [-0.1, -0.05) is 7.43 Å². The van der Waals surface area contributed by atoms with Crippen molar-refractivity contribution in [3.05, 3.63) is 29.8 Å². The molecule has 7 heteroatoms. The molecule has 6 nitrogen and oxygen atoms in total. The lowest BCUT2D eigenvalue weighted by molar-refractivity contribution is 0.373. The molecule has 1 aromatic heterocycles. The lowest BCUT2D eigenvalue weighted by atomic mass is 10.3. The first kappa shape index (κ1) is 14.0. The molecule has 96 valence electrons. The second-order valence-corrected chi connectivity index (χ2v) is 3.43. The summed E-state index contributed by atoms with van der Waals surface area (Å²) in [6, 6.07) is 4.84. The summed E-state index contributed by atoms with van der Waals surface area (Å²) in [5, 5.41) is 12.6. The first-order valence-electron chi connectivity index (χ1n) is 4.67. The van der Waals surface area contributed by atoms with Gasteiger partial charge in [0, 0.05) is 11.8 Å². The highest BCUT2D eigenvalue weighted by molar-refractivity contribution is 6.28. The van der Waals surface area contributed by atoms with E-state index in [1.54, 1.807) is 12.1 Å². The van der Waals surface area contributed by atoms with Crippen LogP contribution in [0.4, 0.5) is 11.6 Å². The molecule has 0 atom stereocenters. The topological polar surface area (TPSA) is 80.2 Å². The minimum atomic E-state index is 0. The van der Waals surface area contributed by atoms with Crippen LogP contribution in [0, 0.1) is 0 Å². The second-order valence-electron chi connectivity index (χ2n) is 3.09. The summed E-state index contributed by atoms with van der Waals surface area (Å²) in [7, 11) is 1.48. The number of hydrogen-bond donors (Lipinski definition) is 2. The van der Waals surface area contributed by atoms with Crippen LogP contribution in [0.5, 0.6) is 11.5 Å². The fourth-order valence-electron chi connectivity index (χ4n) is 1.23. The minimum absolute atomic E-state index is 0. The highest BCUT2D eigenvalue weighted by Gasteiger charge is 2.04. The second kappa shape index (κ2) is 6.02. The Balaban J connectivity index is 0.00000162. The van der Waals surface area contributed by atoms with Crippen LogP contribution < -0.4 is 10.1 Å². The lowest BCUT2D eigenvalue weighted by Crippen LogP contribution is -1.98. The maximum absolute atomic E-state index is 9.58. The van der Waals surface area contributed by atoms with Gasteiger partial charge >= 0.3 is 0 Å². The first-order chi connectivity index (χ1) is 8.19. The summed E-state index contributed by atoms with van der Waals surface area (Å²) in [6.07, 6.45) is 1.29. The van der Waals surface area contributed by atoms with Crippen molar-refractivity contribution in [2.24, 2.45) is 0 Å². The number of methoxy groups -OCH3 is 1. The molecule has 0 saturated heterocycles. The van der Waals surface area contributed by atoms with Crippen molar-refractivity contribution in [2.45, 2.75) is 7.43 Å². The van der Waals surface area contributed by atoms with Gasteiger partial charge in [0.2, 0.25) is 11.2 Å². The number of nitrogens with one attached hydrogen (secondary N) is 1. The number of rotatable bonds is 3. The summed E-state index contributed by atoms with van der Waals surface area (Å²) in [5.41, 5.74) is 0.616. The van der Waals surface area contributed by atoms with Crippen LogP contribution in [0.25, 0.3) is 0 Å². The van der Waals surface area contributed by atoms with Crippen molar-refractivity contribution >= 4 is 23.2 Å². The zero-order valence-corrected chi connectivity index (χ0v) is 9.64. The van der Waals surface area contributed by atoms with Crippen molar-refractivity contribution in [3.8, 4) is 11.5 Å². The third-order valence-corrected chi connectivity index (χ3v) is 2.16. The van der Waals surface area contributed by atoms with Crippen LogP contribution in [0.2, 0.25) is 5.28 Å². The van der Waals surface area contributed by atoms with E-state index in [9.17, 15) is 5.11 Å². The van der Waals surface area contributed by atoms with E-state index in [0.717, 1.165) is 0 Å². The van der Waals surface area contributed by atoms with Crippen LogP contribution >= 0.6 is 11.6 Å². The molecule has 2 aromatic rings. The molecule has 2 rings (SSSR count). The summed E-state index contributed by atoms with van der Waals surface area (Å²) < 4.78 is 4.93. The van der Waals surface area contributed by atoms with E-state index < -0.39 is 0 Å². The molecule has 1 heterocycles. The summed E-state index contributed by atoms with van der Waals surface area (Å²) in [5.74, 6) is 0.719. The molecule has 0 amide bonds. The zero-order valence-electron chi connectivity index (χ0n) is 8.88. The normalized spacial score (nSPS) is 9.44. The summed E-state index contributed by atoms with van der Waals surface area (Å²) in [6.45, 7) is 0.